The van der Waals surface area contributed by atoms with Crippen molar-refractivity contribution in [1.29, 1.82) is 0 Å². The second-order valence-electron chi connectivity index (χ2n) is 8.12. The fraction of sp³-hybridized carbons (Fsp3) is 0.429. The maximum absolute atomic E-state index is 13.2. The molecule has 1 saturated heterocycles. The van der Waals surface area contributed by atoms with Crippen LogP contribution in [0.1, 0.15) is 30.7 Å². The van der Waals surface area contributed by atoms with Gasteiger partial charge < -0.3 is 10.0 Å². The predicted octanol–water partition coefficient (Wildman–Crippen LogP) is 4.07. The van der Waals surface area contributed by atoms with Gasteiger partial charge >= 0.3 is 0 Å². The van der Waals surface area contributed by atoms with Crippen molar-refractivity contribution in [3.8, 4) is 0 Å². The molecule has 152 valence electrons. The van der Waals surface area contributed by atoms with Crippen molar-refractivity contribution in [2.24, 2.45) is 5.92 Å². The van der Waals surface area contributed by atoms with E-state index < -0.39 is 17.4 Å². The number of piperidine rings is 1. The first-order chi connectivity index (χ1) is 13.8. The number of fused-ring (bicyclic) bond motifs is 1. The van der Waals surface area contributed by atoms with Crippen LogP contribution in [0, 0.1) is 5.92 Å². The molecule has 1 unspecified atom stereocenters. The molecule has 0 spiro atoms. The van der Waals surface area contributed by atoms with Crippen LogP contribution >= 0.6 is 11.6 Å². The topological polar surface area (TPSA) is 53.7 Å². The highest BCUT2D eigenvalue weighted by atomic mass is 35.5. The Morgan fingerprint density at radius 3 is 2.45 bits per heavy atom. The summed E-state index contributed by atoms with van der Waals surface area (Å²) in [6, 6.07) is 11.2. The highest BCUT2D eigenvalue weighted by Gasteiger charge is 2.56. The summed E-state index contributed by atoms with van der Waals surface area (Å²) in [5.74, 6) is -2.60. The number of pyridine rings is 1. The van der Waals surface area contributed by atoms with Crippen molar-refractivity contribution < 1.29 is 13.9 Å². The van der Waals surface area contributed by atoms with Gasteiger partial charge in [0, 0.05) is 54.8 Å². The summed E-state index contributed by atoms with van der Waals surface area (Å²) in [7, 11) is 0. The van der Waals surface area contributed by atoms with E-state index in [2.05, 4.69) is 15.1 Å². The van der Waals surface area contributed by atoms with Crippen LogP contribution in [-0.4, -0.2) is 38.7 Å². The molecular weight excluding hydrogens is 398 g/mol. The highest BCUT2D eigenvalue weighted by Crippen LogP contribution is 2.50. The molecule has 5 nitrogen and oxygen atoms in total. The zero-order chi connectivity index (χ0) is 20.2. The van der Waals surface area contributed by atoms with E-state index in [1.807, 2.05) is 30.5 Å². The van der Waals surface area contributed by atoms with Crippen molar-refractivity contribution in [3.63, 3.8) is 0 Å². The van der Waals surface area contributed by atoms with E-state index in [0.717, 1.165) is 11.3 Å². The summed E-state index contributed by atoms with van der Waals surface area (Å²) >= 11 is 5.95. The van der Waals surface area contributed by atoms with Gasteiger partial charge in [-0.25, -0.2) is 8.78 Å². The lowest BCUT2D eigenvalue weighted by Gasteiger charge is -2.39. The summed E-state index contributed by atoms with van der Waals surface area (Å²) in [6.45, 7) is 1.40. The normalized spacial score (nSPS) is 22.8. The number of benzene rings is 1. The number of anilines is 1. The molecule has 2 aromatic heterocycles. The van der Waals surface area contributed by atoms with Gasteiger partial charge in [0.15, 0.2) is 5.65 Å². The zero-order valence-electron chi connectivity index (χ0n) is 15.7. The standard InChI is InChI=1S/C21H21ClF2N4O/c22-16-3-1-14(2-4-16)20(29)6-9-27(10-7-20)17-5-8-28-18(25-26-19(28)12-17)11-15-13-21(15,23)24/h1-5,8,12,15,29H,6-7,9-11,13H2. The predicted molar refractivity (Wildman–Crippen MR) is 107 cm³/mol. The van der Waals surface area contributed by atoms with Crippen LogP contribution in [-0.2, 0) is 12.0 Å². The minimum absolute atomic E-state index is 0.0652. The van der Waals surface area contributed by atoms with Gasteiger partial charge in [-0.05, 0) is 36.6 Å². The second kappa shape index (κ2) is 6.64. The van der Waals surface area contributed by atoms with E-state index in [1.54, 1.807) is 16.5 Å². The van der Waals surface area contributed by atoms with Crippen molar-refractivity contribution in [3.05, 3.63) is 59.0 Å². The van der Waals surface area contributed by atoms with E-state index >= 15 is 0 Å². The molecule has 5 rings (SSSR count). The monoisotopic (exact) mass is 418 g/mol. The number of alkyl halides is 2. The molecule has 2 aliphatic rings. The summed E-state index contributed by atoms with van der Waals surface area (Å²) < 4.78 is 28.2. The minimum Gasteiger partial charge on any atom is -0.385 e. The first kappa shape index (κ1) is 18.8. The van der Waals surface area contributed by atoms with Crippen molar-refractivity contribution in [2.75, 3.05) is 18.0 Å². The van der Waals surface area contributed by atoms with Gasteiger partial charge in [-0.15, -0.1) is 10.2 Å². The number of nitrogens with zero attached hydrogens (tertiary/aromatic N) is 4. The molecule has 0 amide bonds. The molecule has 8 heteroatoms. The number of hydrogen-bond acceptors (Lipinski definition) is 4. The van der Waals surface area contributed by atoms with Gasteiger partial charge in [-0.3, -0.25) is 4.40 Å². The van der Waals surface area contributed by atoms with Crippen molar-refractivity contribution in [2.45, 2.75) is 37.2 Å². The smallest absolute Gasteiger partial charge is 0.252 e. The maximum atomic E-state index is 13.2. The first-order valence-electron chi connectivity index (χ1n) is 9.79. The number of halogens is 3. The molecule has 0 radical (unpaired) electrons. The fourth-order valence-corrected chi connectivity index (χ4v) is 4.29. The Bertz CT molecular complexity index is 1040. The molecule has 3 heterocycles. The minimum atomic E-state index is -2.56. The van der Waals surface area contributed by atoms with Gasteiger partial charge in [0.2, 0.25) is 0 Å². The first-order valence-corrected chi connectivity index (χ1v) is 10.2. The quantitative estimate of drug-likeness (QED) is 0.694. The average molecular weight is 419 g/mol. The largest absolute Gasteiger partial charge is 0.385 e. The van der Waals surface area contributed by atoms with E-state index in [4.69, 9.17) is 11.6 Å². The van der Waals surface area contributed by atoms with Crippen LogP contribution in [0.5, 0.6) is 0 Å². The average Bonchev–Trinajstić information content (AvgIpc) is 3.12. The van der Waals surface area contributed by atoms with E-state index in [1.165, 1.54) is 0 Å². The Morgan fingerprint density at radius 2 is 1.79 bits per heavy atom. The van der Waals surface area contributed by atoms with Crippen molar-refractivity contribution >= 4 is 22.9 Å². The molecule has 0 bridgehead atoms. The third kappa shape index (κ3) is 3.46. The van der Waals surface area contributed by atoms with Gasteiger partial charge in [-0.2, -0.15) is 0 Å². The Labute approximate surface area is 171 Å². The Morgan fingerprint density at radius 1 is 1.10 bits per heavy atom. The van der Waals surface area contributed by atoms with Gasteiger partial charge in [0.1, 0.15) is 5.82 Å². The zero-order valence-corrected chi connectivity index (χ0v) is 16.5. The molecule has 1 atom stereocenters. The van der Waals surface area contributed by atoms with Gasteiger partial charge in [-0.1, -0.05) is 23.7 Å². The molecule has 3 aromatic rings. The number of aliphatic hydroxyl groups is 1. The van der Waals surface area contributed by atoms with Crippen LogP contribution in [0.2, 0.25) is 5.02 Å². The van der Waals surface area contributed by atoms with E-state index in [0.29, 0.717) is 42.4 Å². The Kier molecular flexibility index (Phi) is 4.29. The molecule has 1 aliphatic heterocycles. The van der Waals surface area contributed by atoms with Crippen LogP contribution in [0.25, 0.3) is 5.65 Å². The molecule has 1 aromatic carbocycles. The molecule has 1 N–H and O–H groups in total. The van der Waals surface area contributed by atoms with Gasteiger partial charge in [0.05, 0.1) is 5.60 Å². The van der Waals surface area contributed by atoms with Crippen LogP contribution in [0.3, 0.4) is 0 Å². The fourth-order valence-electron chi connectivity index (χ4n) is 4.16. The van der Waals surface area contributed by atoms with Crippen molar-refractivity contribution in [1.82, 2.24) is 14.6 Å². The Hall–Kier alpha value is -2.25. The second-order valence-corrected chi connectivity index (χ2v) is 8.56. The van der Waals surface area contributed by atoms with Gasteiger partial charge in [0.25, 0.3) is 5.92 Å². The number of aromatic nitrogens is 3. The van der Waals surface area contributed by atoms with Crippen LogP contribution in [0.15, 0.2) is 42.6 Å². The summed E-state index contributed by atoms with van der Waals surface area (Å²) in [5.41, 5.74) is 1.67. The molecule has 1 aliphatic carbocycles. The number of hydrogen-bond donors (Lipinski definition) is 1. The van der Waals surface area contributed by atoms with Crippen LogP contribution < -0.4 is 4.90 Å². The molecule has 2 fully saturated rings. The summed E-state index contributed by atoms with van der Waals surface area (Å²) in [6.07, 6.45) is 3.24. The maximum Gasteiger partial charge on any atom is 0.252 e. The lowest BCUT2D eigenvalue weighted by atomic mass is 9.84. The SMILES string of the molecule is OC1(c2ccc(Cl)cc2)CCN(c2ccn3c(CC4CC4(F)F)nnc3c2)CC1. The Balaban J connectivity index is 1.30. The highest BCUT2D eigenvalue weighted by molar-refractivity contribution is 6.30. The van der Waals surface area contributed by atoms with Crippen LogP contribution in [0.4, 0.5) is 14.5 Å². The molecule has 29 heavy (non-hydrogen) atoms. The number of rotatable bonds is 4. The summed E-state index contributed by atoms with van der Waals surface area (Å²) in [4.78, 5) is 2.20. The van der Waals surface area contributed by atoms with E-state index in [-0.39, 0.29) is 12.8 Å². The lowest BCUT2D eigenvalue weighted by Crippen LogP contribution is -2.42. The third-order valence-corrected chi connectivity index (χ3v) is 6.44. The summed E-state index contributed by atoms with van der Waals surface area (Å²) in [5, 5.41) is 20.0. The third-order valence-electron chi connectivity index (χ3n) is 6.19. The molecular formula is C21H21ClF2N4O. The molecule has 1 saturated carbocycles. The lowest BCUT2D eigenvalue weighted by molar-refractivity contribution is 0.0118. The van der Waals surface area contributed by atoms with E-state index in [9.17, 15) is 13.9 Å².